The first-order chi connectivity index (χ1) is 9.77. The lowest BCUT2D eigenvalue weighted by atomic mass is 10.1. The standard InChI is InChI=1S/C16H24Br2O2/c1-19-14-9-10-16(15(18)13-14)20-12-8-6-4-2-3-5-7-11-17/h9-10,13H,2-8,11-12H2,1H3. The van der Waals surface area contributed by atoms with E-state index >= 15 is 0 Å². The van der Waals surface area contributed by atoms with Gasteiger partial charge in [-0.25, -0.2) is 0 Å². The maximum Gasteiger partial charge on any atom is 0.133 e. The molecule has 0 fully saturated rings. The number of rotatable bonds is 11. The number of hydrogen-bond donors (Lipinski definition) is 0. The molecule has 114 valence electrons. The van der Waals surface area contributed by atoms with Crippen molar-refractivity contribution in [3.63, 3.8) is 0 Å². The fourth-order valence-electron chi connectivity index (χ4n) is 1.99. The van der Waals surface area contributed by atoms with E-state index < -0.39 is 0 Å². The summed E-state index contributed by atoms with van der Waals surface area (Å²) in [6, 6.07) is 5.80. The normalized spacial score (nSPS) is 10.6. The summed E-state index contributed by atoms with van der Waals surface area (Å²) in [6.45, 7) is 0.784. The van der Waals surface area contributed by atoms with E-state index in [1.165, 1.54) is 38.5 Å². The first-order valence-corrected chi connectivity index (χ1v) is 9.21. The molecule has 0 radical (unpaired) electrons. The van der Waals surface area contributed by atoms with Crippen LogP contribution in [0.3, 0.4) is 0 Å². The molecule has 0 heterocycles. The molecule has 0 aliphatic carbocycles. The zero-order valence-electron chi connectivity index (χ0n) is 12.2. The van der Waals surface area contributed by atoms with Crippen LogP contribution in [0.2, 0.25) is 0 Å². The van der Waals surface area contributed by atoms with Crippen LogP contribution in [0, 0.1) is 0 Å². The van der Waals surface area contributed by atoms with E-state index in [1.54, 1.807) is 7.11 Å². The first-order valence-electron chi connectivity index (χ1n) is 7.30. The first kappa shape index (κ1) is 17.8. The van der Waals surface area contributed by atoms with Crippen molar-refractivity contribution in [2.24, 2.45) is 0 Å². The molecule has 0 atom stereocenters. The van der Waals surface area contributed by atoms with Crippen molar-refractivity contribution in [3.05, 3.63) is 22.7 Å². The Labute approximate surface area is 139 Å². The van der Waals surface area contributed by atoms with E-state index in [0.29, 0.717) is 0 Å². The molecule has 0 aliphatic heterocycles. The zero-order chi connectivity index (χ0) is 14.6. The summed E-state index contributed by atoms with van der Waals surface area (Å²) in [6.07, 6.45) is 9.04. The lowest BCUT2D eigenvalue weighted by molar-refractivity contribution is 0.302. The highest BCUT2D eigenvalue weighted by atomic mass is 79.9. The fourth-order valence-corrected chi connectivity index (χ4v) is 2.86. The van der Waals surface area contributed by atoms with E-state index in [4.69, 9.17) is 9.47 Å². The molecule has 0 spiro atoms. The molecule has 0 unspecified atom stereocenters. The van der Waals surface area contributed by atoms with Gasteiger partial charge in [0.25, 0.3) is 0 Å². The van der Waals surface area contributed by atoms with E-state index in [9.17, 15) is 0 Å². The highest BCUT2D eigenvalue weighted by Crippen LogP contribution is 2.29. The summed E-state index contributed by atoms with van der Waals surface area (Å²) in [5.41, 5.74) is 0. The molecule has 4 heteroatoms. The second-order valence-electron chi connectivity index (χ2n) is 4.81. The van der Waals surface area contributed by atoms with E-state index in [2.05, 4.69) is 31.9 Å². The van der Waals surface area contributed by atoms with Crippen molar-refractivity contribution in [2.75, 3.05) is 19.0 Å². The molecule has 0 N–H and O–H groups in total. The Morgan fingerprint density at radius 1 is 0.950 bits per heavy atom. The van der Waals surface area contributed by atoms with Crippen molar-refractivity contribution in [1.29, 1.82) is 0 Å². The quantitative estimate of drug-likeness (QED) is 0.332. The average molecular weight is 408 g/mol. The van der Waals surface area contributed by atoms with Crippen molar-refractivity contribution in [3.8, 4) is 11.5 Å². The minimum atomic E-state index is 0.784. The Morgan fingerprint density at radius 2 is 1.60 bits per heavy atom. The van der Waals surface area contributed by atoms with Crippen molar-refractivity contribution < 1.29 is 9.47 Å². The average Bonchev–Trinajstić information content (AvgIpc) is 2.47. The monoisotopic (exact) mass is 406 g/mol. The van der Waals surface area contributed by atoms with Crippen LogP contribution in [-0.4, -0.2) is 19.0 Å². The fraction of sp³-hybridized carbons (Fsp3) is 0.625. The minimum absolute atomic E-state index is 0.784. The van der Waals surface area contributed by atoms with Crippen LogP contribution >= 0.6 is 31.9 Å². The molecule has 0 bridgehead atoms. The Bertz CT molecular complexity index is 369. The largest absolute Gasteiger partial charge is 0.497 e. The topological polar surface area (TPSA) is 18.5 Å². The number of hydrogen-bond acceptors (Lipinski definition) is 2. The summed E-state index contributed by atoms with van der Waals surface area (Å²) < 4.78 is 11.9. The maximum absolute atomic E-state index is 5.77. The third kappa shape index (κ3) is 7.53. The predicted octanol–water partition coefficient (Wildman–Crippen LogP) is 5.96. The number of ether oxygens (including phenoxy) is 2. The van der Waals surface area contributed by atoms with Gasteiger partial charge in [0, 0.05) is 5.33 Å². The molecular formula is C16H24Br2O2. The van der Waals surface area contributed by atoms with Gasteiger partial charge in [-0.05, 0) is 47.0 Å². The second-order valence-corrected chi connectivity index (χ2v) is 6.46. The van der Waals surface area contributed by atoms with Gasteiger partial charge in [-0.15, -0.1) is 0 Å². The molecule has 0 aromatic heterocycles. The highest BCUT2D eigenvalue weighted by molar-refractivity contribution is 9.10. The zero-order valence-corrected chi connectivity index (χ0v) is 15.3. The molecule has 1 rings (SSSR count). The van der Waals surface area contributed by atoms with E-state index in [0.717, 1.165) is 34.3 Å². The summed E-state index contributed by atoms with van der Waals surface area (Å²) >= 11 is 6.96. The molecule has 0 saturated carbocycles. The second kappa shape index (κ2) is 11.4. The number of alkyl halides is 1. The number of benzene rings is 1. The van der Waals surface area contributed by atoms with Crippen LogP contribution in [0.5, 0.6) is 11.5 Å². The van der Waals surface area contributed by atoms with Gasteiger partial charge in [0.1, 0.15) is 11.5 Å². The summed E-state index contributed by atoms with van der Waals surface area (Å²) in [5, 5.41) is 1.14. The molecule has 0 aliphatic rings. The van der Waals surface area contributed by atoms with Crippen molar-refractivity contribution in [1.82, 2.24) is 0 Å². The minimum Gasteiger partial charge on any atom is -0.497 e. The smallest absolute Gasteiger partial charge is 0.133 e. The molecule has 1 aromatic rings. The Kier molecular flexibility index (Phi) is 10.2. The van der Waals surface area contributed by atoms with Gasteiger partial charge >= 0.3 is 0 Å². The van der Waals surface area contributed by atoms with Crippen LogP contribution < -0.4 is 9.47 Å². The lowest BCUT2D eigenvalue weighted by Crippen LogP contribution is -1.98. The van der Waals surface area contributed by atoms with Crippen LogP contribution in [0.1, 0.15) is 44.9 Å². The van der Waals surface area contributed by atoms with E-state index in [-0.39, 0.29) is 0 Å². The van der Waals surface area contributed by atoms with Crippen molar-refractivity contribution >= 4 is 31.9 Å². The van der Waals surface area contributed by atoms with Crippen molar-refractivity contribution in [2.45, 2.75) is 44.9 Å². The van der Waals surface area contributed by atoms with Crippen LogP contribution in [0.25, 0.3) is 0 Å². The van der Waals surface area contributed by atoms with Gasteiger partial charge in [-0.1, -0.05) is 48.0 Å². The summed E-state index contributed by atoms with van der Waals surface area (Å²) in [4.78, 5) is 0. The van der Waals surface area contributed by atoms with Gasteiger partial charge in [-0.2, -0.15) is 0 Å². The number of methoxy groups -OCH3 is 1. The third-order valence-electron chi connectivity index (χ3n) is 3.17. The molecule has 20 heavy (non-hydrogen) atoms. The van der Waals surface area contributed by atoms with Gasteiger partial charge < -0.3 is 9.47 Å². The third-order valence-corrected chi connectivity index (χ3v) is 4.36. The Hall–Kier alpha value is -0.220. The van der Waals surface area contributed by atoms with Crippen LogP contribution in [0.15, 0.2) is 22.7 Å². The maximum atomic E-state index is 5.77. The van der Waals surface area contributed by atoms with Gasteiger partial charge in [0.15, 0.2) is 0 Å². The van der Waals surface area contributed by atoms with Gasteiger partial charge in [0.05, 0.1) is 18.2 Å². The number of unbranched alkanes of at least 4 members (excludes halogenated alkanes) is 6. The summed E-state index contributed by atoms with van der Waals surface area (Å²) in [7, 11) is 1.67. The van der Waals surface area contributed by atoms with Crippen LogP contribution in [-0.2, 0) is 0 Å². The lowest BCUT2D eigenvalue weighted by Gasteiger charge is -2.09. The molecule has 0 saturated heterocycles. The molecule has 1 aromatic carbocycles. The predicted molar refractivity (Wildman–Crippen MR) is 92.3 cm³/mol. The Morgan fingerprint density at radius 3 is 2.20 bits per heavy atom. The van der Waals surface area contributed by atoms with Gasteiger partial charge in [0.2, 0.25) is 0 Å². The molecular weight excluding hydrogens is 384 g/mol. The van der Waals surface area contributed by atoms with Crippen LogP contribution in [0.4, 0.5) is 0 Å². The Balaban J connectivity index is 2.06. The SMILES string of the molecule is COc1ccc(OCCCCCCCCCBr)c(Br)c1. The molecule has 0 amide bonds. The molecule has 2 nitrogen and oxygen atoms in total. The number of halogens is 2. The van der Waals surface area contributed by atoms with E-state index in [1.807, 2.05) is 18.2 Å². The highest BCUT2D eigenvalue weighted by Gasteiger charge is 2.02. The summed E-state index contributed by atoms with van der Waals surface area (Å²) in [5.74, 6) is 1.73. The van der Waals surface area contributed by atoms with Gasteiger partial charge in [-0.3, -0.25) is 0 Å².